The maximum atomic E-state index is 13.9. The lowest BCUT2D eigenvalue weighted by molar-refractivity contribution is -0.870. The van der Waals surface area contributed by atoms with Crippen LogP contribution >= 0.6 is 22.1 Å². The van der Waals surface area contributed by atoms with Gasteiger partial charge >= 0.3 is 0 Å². The molecular formula is C74H112N12O14P3+3. The zero-order chi connectivity index (χ0) is 76.2. The highest BCUT2D eigenvalue weighted by atomic mass is 31.2. The fraction of sp³-hybridized carbons (Fsp3) is 0.514. The van der Waals surface area contributed by atoms with Gasteiger partial charge in [0.2, 0.25) is 22.1 Å². The molecule has 4 heterocycles. The van der Waals surface area contributed by atoms with Crippen LogP contribution in [-0.4, -0.2) is 271 Å². The Morgan fingerprint density at radius 1 is 0.505 bits per heavy atom. The molecule has 2 amide bonds. The number of benzene rings is 3. The predicted molar refractivity (Wildman–Crippen MR) is 406 cm³/mol. The quantitative estimate of drug-likeness (QED) is 0.0209. The number of amides is 2. The van der Waals surface area contributed by atoms with E-state index in [0.717, 1.165) is 52.8 Å². The summed E-state index contributed by atoms with van der Waals surface area (Å²) in [5.41, 5.74) is 15.2. The number of ether oxygens (including phenoxy) is 5. The van der Waals surface area contributed by atoms with Gasteiger partial charge in [0.1, 0.15) is 51.7 Å². The van der Waals surface area contributed by atoms with Crippen LogP contribution in [0.2, 0.25) is 0 Å². The number of quaternary nitrogens is 3. The molecule has 4 atom stereocenters. The second-order valence-corrected chi connectivity index (χ2v) is 37.1. The number of nitrogens with two attached hydrogens (primary N) is 1. The Kier molecular flexibility index (Phi) is 28.6. The van der Waals surface area contributed by atoms with Gasteiger partial charge in [0.05, 0.1) is 127 Å². The van der Waals surface area contributed by atoms with Crippen LogP contribution in [0, 0.1) is 27.7 Å². The number of hydrogen-bond acceptors (Lipinski definition) is 18. The lowest BCUT2D eigenvalue weighted by Crippen LogP contribution is -2.48. The minimum absolute atomic E-state index is 0.0129. The summed E-state index contributed by atoms with van der Waals surface area (Å²) in [6.07, 6.45) is 1.11. The van der Waals surface area contributed by atoms with Gasteiger partial charge in [-0.2, -0.15) is 0 Å². The summed E-state index contributed by atoms with van der Waals surface area (Å²) in [6, 6.07) is 20.8. The first-order valence-electron chi connectivity index (χ1n) is 34.7. The number of Topliss-reactive ketones (excluding diaryl/α,β-unsaturated/α-hetero) is 1. The van der Waals surface area contributed by atoms with Crippen LogP contribution in [0.1, 0.15) is 52.2 Å². The molecule has 6 aromatic rings. The number of carbonyl (C=O) groups is 3. The third-order valence-corrected chi connectivity index (χ3v) is 20.9. The molecule has 7 rings (SSSR count). The van der Waals surface area contributed by atoms with E-state index in [4.69, 9.17) is 44.4 Å². The molecule has 0 saturated carbocycles. The molecule has 4 unspecified atom stereocenters. The molecule has 1 aliphatic heterocycles. The minimum Gasteiger partial charge on any atom is -0.496 e. The lowest BCUT2D eigenvalue weighted by atomic mass is 9.95. The summed E-state index contributed by atoms with van der Waals surface area (Å²) >= 11 is 0. The number of pyridine rings is 3. The number of likely N-dealkylation sites (N-methyl/N-ethyl adjacent to an activating group) is 2. The first kappa shape index (κ1) is 83.3. The number of aromatic nitrogens is 3. The monoisotopic (exact) mass is 1490 g/mol. The van der Waals surface area contributed by atoms with Crippen molar-refractivity contribution in [2.24, 2.45) is 5.73 Å². The molecule has 3 aromatic heterocycles. The van der Waals surface area contributed by atoms with Crippen LogP contribution in [0.25, 0.3) is 33.4 Å². The number of methoxy groups -OCH3 is 2. The number of hydrogen-bond donors (Lipinski definition) is 6. The summed E-state index contributed by atoms with van der Waals surface area (Å²) in [5, 5.41) is 5.82. The van der Waals surface area contributed by atoms with E-state index in [1.807, 2.05) is 106 Å². The number of carbonyl (C=O) groups excluding carboxylic acids is 3. The average Bonchev–Trinajstić information content (AvgIpc) is 0.837. The number of nitrogens with one attached hydrogen (secondary N) is 2. The van der Waals surface area contributed by atoms with Gasteiger partial charge in [-0.25, -0.2) is 15.0 Å². The molecular weight excluding hydrogens is 1370 g/mol. The Labute approximate surface area is 609 Å². The van der Waals surface area contributed by atoms with E-state index in [1.54, 1.807) is 36.4 Å². The van der Waals surface area contributed by atoms with Crippen LogP contribution in [0.15, 0.2) is 72.8 Å². The second-order valence-electron chi connectivity index (χ2n) is 30.4. The highest BCUT2D eigenvalue weighted by molar-refractivity contribution is 7.65. The van der Waals surface area contributed by atoms with Crippen molar-refractivity contribution in [2.45, 2.75) is 66.2 Å². The molecule has 0 radical (unpaired) electrons. The van der Waals surface area contributed by atoms with E-state index < -0.39 is 28.1 Å². The standard InChI is InChI=1S/C74H109N12O14P3/c1-50-30-62(99-48-67(88)76-21-28-85(8,9)10)31-51(2)72(50)54-34-58(79-69(37-54)101(16,90)91)44-82-24-23-81(43-57-35-55(38-70(78-57)102(17,92)93)73-52(3)32-63(40-65(73)96-14)98-47-61(87)20-19-27-84(5,6)7)25-26-83(60(42-75)46-82)45-59-36-56(39-71(80-59)103(18,94)95)74-53(4)33-64(41-66(74)97-15)100-49-68(89)77-22-29-86(11,12)13/h30-41,60H,19-29,42-49,75H2,1-18H3,(H2-3,76,77,88,89,90,91,92,93,94,95)/p+3. The van der Waals surface area contributed by atoms with Gasteiger partial charge < -0.3 is 68.2 Å². The largest absolute Gasteiger partial charge is 0.496 e. The van der Waals surface area contributed by atoms with Crippen molar-refractivity contribution < 1.29 is 79.9 Å². The Hall–Kier alpha value is -6.99. The van der Waals surface area contributed by atoms with Gasteiger partial charge in [0.15, 0.2) is 19.0 Å². The van der Waals surface area contributed by atoms with Crippen LogP contribution in [-0.2, 0) is 47.7 Å². The first-order chi connectivity index (χ1) is 48.0. The van der Waals surface area contributed by atoms with Crippen molar-refractivity contribution in [3.05, 3.63) is 112 Å². The Bertz CT molecular complexity index is 4120. The third kappa shape index (κ3) is 25.6. The molecule has 564 valence electrons. The first-order valence-corrected chi connectivity index (χ1v) is 41.0. The molecule has 3 aromatic carbocycles. The number of rotatable bonds is 34. The number of aryl methyl sites for hydroxylation is 4. The highest BCUT2D eigenvalue weighted by Crippen LogP contribution is 2.43. The molecule has 29 heteroatoms. The van der Waals surface area contributed by atoms with E-state index in [2.05, 4.69) is 46.5 Å². The SMILES string of the molecule is COc1cc(OCC(=O)CCC[N+](C)(C)C)cc(C)c1-c1cc(CN2CCN(Cc3cc(-c4c(C)cc(OCC(=O)NCC[N+](C)(C)C)cc4C)cc(P(C)(=O)O)n3)CC(CN)N(Cc3cc(-c4c(C)cc(OCC(=O)NCC[N+](C)(C)C)cc4OC)cc(P(C)(=O)O)n3)CC2)nc(P(C)(=O)O)c1. The van der Waals surface area contributed by atoms with Crippen molar-refractivity contribution in [3.8, 4) is 62.1 Å². The van der Waals surface area contributed by atoms with E-state index >= 15 is 0 Å². The fourth-order valence-electron chi connectivity index (χ4n) is 12.4. The smallest absolute Gasteiger partial charge is 0.258 e. The van der Waals surface area contributed by atoms with Crippen LogP contribution < -0.4 is 56.4 Å². The molecule has 0 aliphatic carbocycles. The minimum atomic E-state index is -4.03. The van der Waals surface area contributed by atoms with Gasteiger partial charge in [0, 0.05) is 121 Å². The van der Waals surface area contributed by atoms with Crippen LogP contribution in [0.3, 0.4) is 0 Å². The second kappa shape index (κ2) is 35.4. The zero-order valence-electron chi connectivity index (χ0n) is 63.7. The van der Waals surface area contributed by atoms with Gasteiger partial charge in [-0.15, -0.1) is 0 Å². The van der Waals surface area contributed by atoms with Crippen LogP contribution in [0.4, 0.5) is 0 Å². The Balaban J connectivity index is 1.28. The number of nitrogens with zero attached hydrogens (tertiary/aromatic N) is 9. The van der Waals surface area contributed by atoms with E-state index in [-0.39, 0.29) is 79.9 Å². The van der Waals surface area contributed by atoms with Crippen molar-refractivity contribution in [3.63, 3.8) is 0 Å². The molecule has 7 N–H and O–H groups in total. The maximum Gasteiger partial charge on any atom is 0.258 e. The normalized spacial score (nSPS) is 16.3. The van der Waals surface area contributed by atoms with E-state index in [0.29, 0.717) is 140 Å². The predicted octanol–water partition coefficient (Wildman–Crippen LogP) is 5.68. The molecule has 0 spiro atoms. The van der Waals surface area contributed by atoms with Gasteiger partial charge in [-0.05, 0) is 133 Å². The van der Waals surface area contributed by atoms with E-state index in [9.17, 15) is 42.8 Å². The van der Waals surface area contributed by atoms with Crippen molar-refractivity contribution in [1.29, 1.82) is 0 Å². The summed E-state index contributed by atoms with van der Waals surface area (Å²) in [7, 11) is 9.54. The van der Waals surface area contributed by atoms with Crippen molar-refractivity contribution >= 4 is 56.0 Å². The maximum absolute atomic E-state index is 13.9. The average molecular weight is 1490 g/mol. The molecule has 1 saturated heterocycles. The summed E-state index contributed by atoms with van der Waals surface area (Å²) < 4.78 is 73.7. The zero-order valence-corrected chi connectivity index (χ0v) is 66.4. The van der Waals surface area contributed by atoms with Gasteiger partial charge in [-0.3, -0.25) is 42.8 Å². The third-order valence-electron chi connectivity index (χ3n) is 17.7. The lowest BCUT2D eigenvalue weighted by Gasteiger charge is -2.34. The summed E-state index contributed by atoms with van der Waals surface area (Å²) in [4.78, 5) is 93.8. The number of ketones is 1. The summed E-state index contributed by atoms with van der Waals surface area (Å²) in [5.74, 6) is 1.59. The Morgan fingerprint density at radius 2 is 0.864 bits per heavy atom. The fourth-order valence-corrected chi connectivity index (χ4v) is 14.4. The molecule has 26 nitrogen and oxygen atoms in total. The summed E-state index contributed by atoms with van der Waals surface area (Å²) in [6.45, 7) is 16.7. The Morgan fingerprint density at radius 3 is 1.26 bits per heavy atom. The van der Waals surface area contributed by atoms with Crippen molar-refractivity contribution in [2.75, 3.05) is 189 Å². The van der Waals surface area contributed by atoms with Gasteiger partial charge in [0.25, 0.3) is 11.8 Å². The van der Waals surface area contributed by atoms with Crippen molar-refractivity contribution in [1.82, 2.24) is 40.3 Å². The van der Waals surface area contributed by atoms with Gasteiger partial charge in [-0.1, -0.05) is 0 Å². The molecule has 0 bridgehead atoms. The van der Waals surface area contributed by atoms with Crippen LogP contribution in [0.5, 0.6) is 28.7 Å². The molecule has 103 heavy (non-hydrogen) atoms. The molecule has 1 fully saturated rings. The van der Waals surface area contributed by atoms with E-state index in [1.165, 1.54) is 34.2 Å². The highest BCUT2D eigenvalue weighted by Gasteiger charge is 2.31. The topological polar surface area (TPSA) is 308 Å². The molecule has 1 aliphatic rings.